The molecule has 6 heteroatoms. The third-order valence-electron chi connectivity index (χ3n) is 4.13. The molecule has 2 N–H and O–H groups in total. The van der Waals surface area contributed by atoms with Crippen LogP contribution in [0.4, 0.5) is 0 Å². The van der Waals surface area contributed by atoms with Gasteiger partial charge in [-0.15, -0.1) is 0 Å². The molecule has 0 saturated carbocycles. The smallest absolute Gasteiger partial charge is 0.325 e. The van der Waals surface area contributed by atoms with Crippen molar-refractivity contribution < 1.29 is 23.7 Å². The maximum atomic E-state index is 12.0. The largest absolute Gasteiger partial charge is 0.459 e. The standard InChI is InChI=1S/C19H29NO5/c1-3-4-10-23-17-13-22-12-16(20)19(21)25-14(2)18(17)24-11-15-8-6-5-7-9-15/h5-9,14,16-18H,3-4,10-13,20H2,1-2H3/t14-,16-,17-,18-/m0/s1. The van der Waals surface area contributed by atoms with Gasteiger partial charge in [0.25, 0.3) is 0 Å². The minimum Gasteiger partial charge on any atom is -0.459 e. The molecule has 0 spiro atoms. The highest BCUT2D eigenvalue weighted by atomic mass is 16.6. The van der Waals surface area contributed by atoms with Gasteiger partial charge in [0.1, 0.15) is 24.4 Å². The van der Waals surface area contributed by atoms with Crippen LogP contribution in [-0.2, 0) is 30.3 Å². The third-order valence-corrected chi connectivity index (χ3v) is 4.13. The van der Waals surface area contributed by atoms with Crippen LogP contribution in [0.25, 0.3) is 0 Å². The predicted molar refractivity (Wildman–Crippen MR) is 94.0 cm³/mol. The summed E-state index contributed by atoms with van der Waals surface area (Å²) < 4.78 is 23.1. The van der Waals surface area contributed by atoms with Crippen LogP contribution in [0, 0.1) is 0 Å². The Morgan fingerprint density at radius 2 is 1.96 bits per heavy atom. The van der Waals surface area contributed by atoms with Gasteiger partial charge >= 0.3 is 5.97 Å². The Kier molecular flexibility index (Phi) is 8.34. The minimum absolute atomic E-state index is 0.116. The molecule has 1 aliphatic heterocycles. The number of cyclic esters (lactones) is 1. The van der Waals surface area contributed by atoms with Crippen molar-refractivity contribution in [3.63, 3.8) is 0 Å². The molecule has 1 saturated heterocycles. The summed E-state index contributed by atoms with van der Waals surface area (Å²) in [6.45, 7) is 5.37. The van der Waals surface area contributed by atoms with Gasteiger partial charge in [-0.25, -0.2) is 0 Å². The van der Waals surface area contributed by atoms with E-state index in [1.54, 1.807) is 0 Å². The number of nitrogens with two attached hydrogens (primary N) is 1. The fraction of sp³-hybridized carbons (Fsp3) is 0.632. The van der Waals surface area contributed by atoms with Gasteiger partial charge in [0, 0.05) is 6.61 Å². The van der Waals surface area contributed by atoms with Gasteiger partial charge < -0.3 is 24.7 Å². The summed E-state index contributed by atoms with van der Waals surface area (Å²) in [5, 5.41) is 0. The van der Waals surface area contributed by atoms with Crippen molar-refractivity contribution in [1.82, 2.24) is 0 Å². The highest BCUT2D eigenvalue weighted by Crippen LogP contribution is 2.18. The van der Waals surface area contributed by atoms with Crippen LogP contribution in [0.5, 0.6) is 0 Å². The monoisotopic (exact) mass is 351 g/mol. The molecule has 1 heterocycles. The second kappa shape index (κ2) is 10.5. The van der Waals surface area contributed by atoms with Crippen LogP contribution in [0.2, 0.25) is 0 Å². The molecule has 0 aliphatic carbocycles. The zero-order valence-electron chi connectivity index (χ0n) is 15.1. The Bertz CT molecular complexity index is 510. The van der Waals surface area contributed by atoms with Gasteiger partial charge in [-0.05, 0) is 18.9 Å². The number of ether oxygens (including phenoxy) is 4. The Labute approximate surface area is 149 Å². The van der Waals surface area contributed by atoms with Crippen molar-refractivity contribution in [3.05, 3.63) is 35.9 Å². The average molecular weight is 351 g/mol. The topological polar surface area (TPSA) is 80.0 Å². The summed E-state index contributed by atoms with van der Waals surface area (Å²) in [4.78, 5) is 12.0. The molecule has 25 heavy (non-hydrogen) atoms. The van der Waals surface area contributed by atoms with Crippen molar-refractivity contribution in [2.75, 3.05) is 19.8 Å². The Morgan fingerprint density at radius 3 is 2.68 bits per heavy atom. The molecule has 4 atom stereocenters. The lowest BCUT2D eigenvalue weighted by atomic mass is 10.1. The summed E-state index contributed by atoms with van der Waals surface area (Å²) in [5.74, 6) is -0.477. The summed E-state index contributed by atoms with van der Waals surface area (Å²) in [5.41, 5.74) is 6.82. The van der Waals surface area contributed by atoms with Gasteiger partial charge in [-0.3, -0.25) is 4.79 Å². The molecule has 1 aromatic rings. The molecule has 0 radical (unpaired) electrons. The number of carbonyl (C=O) groups is 1. The minimum atomic E-state index is -0.786. The Balaban J connectivity index is 2.07. The summed E-state index contributed by atoms with van der Waals surface area (Å²) in [7, 11) is 0. The second-order valence-electron chi connectivity index (χ2n) is 6.31. The summed E-state index contributed by atoms with van der Waals surface area (Å²) >= 11 is 0. The summed E-state index contributed by atoms with van der Waals surface area (Å²) in [6.07, 6.45) is 0.777. The van der Waals surface area contributed by atoms with Crippen LogP contribution in [-0.4, -0.2) is 50.1 Å². The number of hydrogen-bond acceptors (Lipinski definition) is 6. The van der Waals surface area contributed by atoms with E-state index in [2.05, 4.69) is 6.92 Å². The van der Waals surface area contributed by atoms with Crippen molar-refractivity contribution in [1.29, 1.82) is 0 Å². The van der Waals surface area contributed by atoms with E-state index in [0.717, 1.165) is 18.4 Å². The lowest BCUT2D eigenvalue weighted by molar-refractivity contribution is -0.169. The van der Waals surface area contributed by atoms with Gasteiger partial charge in [0.05, 0.1) is 19.8 Å². The molecule has 1 aliphatic rings. The maximum Gasteiger partial charge on any atom is 0.325 e. The highest BCUT2D eigenvalue weighted by Gasteiger charge is 2.34. The summed E-state index contributed by atoms with van der Waals surface area (Å²) in [6, 6.07) is 9.08. The first-order valence-electron chi connectivity index (χ1n) is 8.92. The molecular formula is C19H29NO5. The molecule has 2 rings (SSSR count). The number of esters is 1. The zero-order valence-corrected chi connectivity index (χ0v) is 15.1. The van der Waals surface area contributed by atoms with E-state index in [9.17, 15) is 4.79 Å². The van der Waals surface area contributed by atoms with Crippen LogP contribution in [0.15, 0.2) is 30.3 Å². The first kappa shape index (κ1) is 19.8. The van der Waals surface area contributed by atoms with E-state index in [1.165, 1.54) is 0 Å². The van der Waals surface area contributed by atoms with E-state index < -0.39 is 24.2 Å². The molecule has 0 bridgehead atoms. The van der Waals surface area contributed by atoms with Crippen molar-refractivity contribution in [2.24, 2.45) is 5.73 Å². The van der Waals surface area contributed by atoms with Crippen molar-refractivity contribution in [3.8, 4) is 0 Å². The number of unbranched alkanes of at least 4 members (excludes halogenated alkanes) is 1. The predicted octanol–water partition coefficient (Wildman–Crippen LogP) is 2.05. The van der Waals surface area contributed by atoms with E-state index >= 15 is 0 Å². The average Bonchev–Trinajstić information content (AvgIpc) is 2.65. The van der Waals surface area contributed by atoms with E-state index in [-0.39, 0.29) is 12.7 Å². The normalized spacial score (nSPS) is 27.9. The van der Waals surface area contributed by atoms with E-state index in [1.807, 2.05) is 37.3 Å². The van der Waals surface area contributed by atoms with Crippen LogP contribution < -0.4 is 5.73 Å². The lowest BCUT2D eigenvalue weighted by Gasteiger charge is -2.30. The van der Waals surface area contributed by atoms with Crippen LogP contribution in [0.3, 0.4) is 0 Å². The molecule has 6 nitrogen and oxygen atoms in total. The molecular weight excluding hydrogens is 322 g/mol. The number of benzene rings is 1. The lowest BCUT2D eigenvalue weighted by Crippen LogP contribution is -2.44. The molecule has 0 amide bonds. The maximum absolute atomic E-state index is 12.0. The highest BCUT2D eigenvalue weighted by molar-refractivity contribution is 5.75. The Hall–Kier alpha value is -1.47. The molecule has 0 aromatic heterocycles. The van der Waals surface area contributed by atoms with Crippen LogP contribution in [0.1, 0.15) is 32.3 Å². The van der Waals surface area contributed by atoms with E-state index in [0.29, 0.717) is 19.8 Å². The van der Waals surface area contributed by atoms with Crippen LogP contribution >= 0.6 is 0 Å². The fourth-order valence-corrected chi connectivity index (χ4v) is 2.65. The molecule has 140 valence electrons. The quantitative estimate of drug-likeness (QED) is 0.598. The Morgan fingerprint density at radius 1 is 1.20 bits per heavy atom. The SMILES string of the molecule is CCCCO[C@H]1COC[C@H](N)C(=O)O[C@@H](C)[C@@H]1OCc1ccccc1. The third kappa shape index (κ3) is 6.40. The van der Waals surface area contributed by atoms with Crippen molar-refractivity contribution in [2.45, 2.75) is 57.6 Å². The first-order chi connectivity index (χ1) is 12.1. The molecule has 1 aromatic carbocycles. The second-order valence-corrected chi connectivity index (χ2v) is 6.31. The zero-order chi connectivity index (χ0) is 18.1. The van der Waals surface area contributed by atoms with E-state index in [4.69, 9.17) is 24.7 Å². The first-order valence-corrected chi connectivity index (χ1v) is 8.92. The number of carbonyl (C=O) groups excluding carboxylic acids is 1. The van der Waals surface area contributed by atoms with Gasteiger partial charge in [0.15, 0.2) is 0 Å². The molecule has 0 unspecified atom stereocenters. The molecule has 1 fully saturated rings. The van der Waals surface area contributed by atoms with Gasteiger partial charge in [-0.1, -0.05) is 43.7 Å². The van der Waals surface area contributed by atoms with Gasteiger partial charge in [0.2, 0.25) is 0 Å². The fourth-order valence-electron chi connectivity index (χ4n) is 2.65. The van der Waals surface area contributed by atoms with Gasteiger partial charge in [-0.2, -0.15) is 0 Å². The van der Waals surface area contributed by atoms with Crippen molar-refractivity contribution >= 4 is 5.97 Å². The number of hydrogen-bond donors (Lipinski definition) is 1. The number of rotatable bonds is 7.